The second-order valence-corrected chi connectivity index (χ2v) is 3.63. The molecule has 0 unspecified atom stereocenters. The quantitative estimate of drug-likeness (QED) is 0.297. The molecular weight excluding hydrogens is 281 g/mol. The Bertz CT molecular complexity index is 242. The van der Waals surface area contributed by atoms with Gasteiger partial charge in [0.15, 0.2) is 0 Å². The molecule has 0 saturated heterocycles. The molecule has 0 aliphatic carbocycles. The summed E-state index contributed by atoms with van der Waals surface area (Å²) in [6.45, 7) is -0.389. The van der Waals surface area contributed by atoms with E-state index in [1.807, 2.05) is 0 Å². The monoisotopic (exact) mass is 301 g/mol. The number of aliphatic carboxylic acids is 3. The summed E-state index contributed by atoms with van der Waals surface area (Å²) in [7, 11) is 0. The molecule has 106 valence electrons. The van der Waals surface area contributed by atoms with Crippen molar-refractivity contribution in [3.8, 4) is 0 Å². The smallest absolute Gasteiger partial charge is 0.549 e. The minimum absolute atomic E-state index is 0. The van der Waals surface area contributed by atoms with Gasteiger partial charge in [0.25, 0.3) is 0 Å². The van der Waals surface area contributed by atoms with E-state index in [0.29, 0.717) is 12.8 Å². The standard InChI is InChI=1S/C9H16O4.C2H5NO2.K/c10-8(11)6-4-2-1-3-5-7-9(12)13;3-1-2(4)5;/h1-7H2,(H,10,11)(H,12,13);1,3H2,(H,4,5);/q;;+1/p-1. The van der Waals surface area contributed by atoms with Crippen LogP contribution in [0, 0.1) is 0 Å². The van der Waals surface area contributed by atoms with Gasteiger partial charge >= 0.3 is 63.3 Å². The molecule has 0 atom stereocenters. The van der Waals surface area contributed by atoms with E-state index in [9.17, 15) is 9.59 Å². The maximum absolute atomic E-state index is 10.1. The van der Waals surface area contributed by atoms with Gasteiger partial charge in [-0.05, 0) is 12.8 Å². The average molecular weight is 301 g/mol. The molecule has 0 fully saturated rings. The third-order valence-electron chi connectivity index (χ3n) is 1.95. The number of carboxylic acid groups (broad SMARTS) is 3. The topological polar surface area (TPSA) is 141 Å². The Morgan fingerprint density at radius 1 is 0.842 bits per heavy atom. The van der Waals surface area contributed by atoms with Crippen LogP contribution >= 0.6 is 0 Å². The molecule has 0 spiro atoms. The van der Waals surface area contributed by atoms with Crippen LogP contribution in [0.15, 0.2) is 0 Å². The Kier molecular flexibility index (Phi) is 22.8. The summed E-state index contributed by atoms with van der Waals surface area (Å²) in [5.74, 6) is -2.74. The van der Waals surface area contributed by atoms with Crippen molar-refractivity contribution in [1.82, 2.24) is 0 Å². The predicted molar refractivity (Wildman–Crippen MR) is 61.7 cm³/mol. The Balaban J connectivity index is -0.000000366. The molecule has 0 aromatic heterocycles. The zero-order valence-corrected chi connectivity index (χ0v) is 14.4. The van der Waals surface area contributed by atoms with E-state index in [0.717, 1.165) is 19.3 Å². The van der Waals surface area contributed by atoms with Crippen LogP contribution in [0.4, 0.5) is 0 Å². The largest absolute Gasteiger partial charge is 1.00 e. The summed E-state index contributed by atoms with van der Waals surface area (Å²) in [6, 6.07) is 0. The number of carbonyl (C=O) groups is 3. The number of rotatable bonds is 9. The van der Waals surface area contributed by atoms with Gasteiger partial charge in [-0.25, -0.2) is 0 Å². The Morgan fingerprint density at radius 2 is 1.11 bits per heavy atom. The van der Waals surface area contributed by atoms with Crippen LogP contribution < -0.4 is 62.2 Å². The van der Waals surface area contributed by atoms with Crippen molar-refractivity contribution in [2.75, 3.05) is 6.54 Å². The summed E-state index contributed by atoms with van der Waals surface area (Å²) in [5, 5.41) is 25.8. The number of unbranched alkanes of at least 4 members (excludes halogenated alkanes) is 4. The normalized spacial score (nSPS) is 8.68. The zero-order chi connectivity index (χ0) is 14.4. The number of carbonyl (C=O) groups excluding carboxylic acids is 1. The number of carboxylic acids is 3. The number of nitrogens with two attached hydrogens (primary N) is 1. The van der Waals surface area contributed by atoms with Gasteiger partial charge in [-0.1, -0.05) is 19.3 Å². The maximum atomic E-state index is 10.1. The average Bonchev–Trinajstić information content (AvgIpc) is 2.27. The SMILES string of the molecule is NCC(=O)[O-].O=C(O)CCCCCCCC(=O)O.[K+]. The molecule has 7 nitrogen and oxygen atoms in total. The molecule has 0 aromatic carbocycles. The molecule has 0 bridgehead atoms. The molecule has 0 rings (SSSR count). The Morgan fingerprint density at radius 3 is 1.32 bits per heavy atom. The van der Waals surface area contributed by atoms with E-state index in [1.165, 1.54) is 0 Å². The summed E-state index contributed by atoms with van der Waals surface area (Å²) in [4.78, 5) is 29.3. The fourth-order valence-electron chi connectivity index (χ4n) is 1.08. The van der Waals surface area contributed by atoms with Crippen LogP contribution in [-0.4, -0.2) is 34.7 Å². The van der Waals surface area contributed by atoms with E-state index >= 15 is 0 Å². The summed E-state index contributed by atoms with van der Waals surface area (Å²) >= 11 is 0. The van der Waals surface area contributed by atoms with Crippen molar-refractivity contribution in [2.45, 2.75) is 44.9 Å². The van der Waals surface area contributed by atoms with Gasteiger partial charge in [0, 0.05) is 19.4 Å². The van der Waals surface area contributed by atoms with Gasteiger partial charge in [0.1, 0.15) is 0 Å². The molecule has 8 heteroatoms. The molecule has 4 N–H and O–H groups in total. The molecule has 19 heavy (non-hydrogen) atoms. The van der Waals surface area contributed by atoms with Crippen LogP contribution in [0.5, 0.6) is 0 Å². The zero-order valence-electron chi connectivity index (χ0n) is 11.3. The van der Waals surface area contributed by atoms with Crippen LogP contribution in [0.25, 0.3) is 0 Å². The third kappa shape index (κ3) is 32.0. The van der Waals surface area contributed by atoms with Crippen LogP contribution in [0.1, 0.15) is 44.9 Å². The van der Waals surface area contributed by atoms with Crippen molar-refractivity contribution in [3.63, 3.8) is 0 Å². The first-order chi connectivity index (χ1) is 8.40. The molecular formula is C11H20KNO6. The molecule has 0 radical (unpaired) electrons. The van der Waals surface area contributed by atoms with Gasteiger partial charge in [-0.15, -0.1) is 0 Å². The second-order valence-electron chi connectivity index (χ2n) is 3.63. The van der Waals surface area contributed by atoms with E-state index in [1.54, 1.807) is 0 Å². The van der Waals surface area contributed by atoms with Gasteiger partial charge < -0.3 is 25.8 Å². The van der Waals surface area contributed by atoms with E-state index in [-0.39, 0.29) is 70.8 Å². The summed E-state index contributed by atoms with van der Waals surface area (Å²) < 4.78 is 0. The van der Waals surface area contributed by atoms with E-state index < -0.39 is 17.9 Å². The second kappa shape index (κ2) is 18.0. The fraction of sp³-hybridized carbons (Fsp3) is 0.727. The summed E-state index contributed by atoms with van der Waals surface area (Å²) in [6.07, 6.45) is 4.53. The van der Waals surface area contributed by atoms with Gasteiger partial charge in [-0.2, -0.15) is 0 Å². The molecule has 0 aliphatic heterocycles. The Hall–Kier alpha value is 0.00636. The van der Waals surface area contributed by atoms with Crippen LogP contribution in [0.3, 0.4) is 0 Å². The molecule has 0 heterocycles. The fourth-order valence-corrected chi connectivity index (χ4v) is 1.08. The molecule has 0 aliphatic rings. The first kappa shape index (κ1) is 24.1. The van der Waals surface area contributed by atoms with Crippen molar-refractivity contribution >= 4 is 17.9 Å². The number of hydrogen-bond donors (Lipinski definition) is 3. The van der Waals surface area contributed by atoms with Crippen molar-refractivity contribution in [1.29, 1.82) is 0 Å². The van der Waals surface area contributed by atoms with Gasteiger partial charge in [0.2, 0.25) is 0 Å². The third-order valence-corrected chi connectivity index (χ3v) is 1.95. The molecule has 0 saturated carbocycles. The number of hydrogen-bond acceptors (Lipinski definition) is 5. The van der Waals surface area contributed by atoms with Crippen molar-refractivity contribution in [3.05, 3.63) is 0 Å². The van der Waals surface area contributed by atoms with Gasteiger partial charge in [-0.3, -0.25) is 9.59 Å². The first-order valence-corrected chi connectivity index (χ1v) is 5.73. The van der Waals surface area contributed by atoms with E-state index in [4.69, 9.17) is 20.1 Å². The van der Waals surface area contributed by atoms with Crippen molar-refractivity contribution in [2.24, 2.45) is 5.73 Å². The van der Waals surface area contributed by atoms with Gasteiger partial charge in [0.05, 0.1) is 5.97 Å². The molecule has 0 aromatic rings. The Labute approximate surface area is 155 Å². The maximum Gasteiger partial charge on any atom is 1.00 e. The molecule has 0 amide bonds. The predicted octanol–water partition coefficient (Wildman–Crippen LogP) is -3.41. The summed E-state index contributed by atoms with van der Waals surface area (Å²) in [5.41, 5.74) is 4.51. The minimum Gasteiger partial charge on any atom is -0.549 e. The first-order valence-electron chi connectivity index (χ1n) is 5.73. The minimum atomic E-state index is -1.22. The van der Waals surface area contributed by atoms with Crippen LogP contribution in [-0.2, 0) is 14.4 Å². The van der Waals surface area contributed by atoms with E-state index in [2.05, 4.69) is 5.73 Å². The van der Waals surface area contributed by atoms with Crippen LogP contribution in [0.2, 0.25) is 0 Å². The van der Waals surface area contributed by atoms with Crippen molar-refractivity contribution < 1.29 is 81.1 Å².